The predicted octanol–water partition coefficient (Wildman–Crippen LogP) is 2.77. The van der Waals surface area contributed by atoms with Crippen LogP contribution in [0.25, 0.3) is 16.9 Å². The lowest BCUT2D eigenvalue weighted by molar-refractivity contribution is 0.0966. The number of aromatic nitrogens is 4. The molecule has 194 valence electrons. The van der Waals surface area contributed by atoms with E-state index in [9.17, 15) is 9.90 Å². The minimum Gasteiger partial charge on any atom is -0.393 e. The monoisotopic (exact) mass is 510 g/mol. The van der Waals surface area contributed by atoms with Crippen LogP contribution < -0.4 is 15.5 Å². The minimum atomic E-state index is -0.225. The van der Waals surface area contributed by atoms with Crippen molar-refractivity contribution in [3.05, 3.63) is 65.7 Å². The van der Waals surface area contributed by atoms with E-state index in [1.54, 1.807) is 12.4 Å². The molecule has 10 heteroatoms. The van der Waals surface area contributed by atoms with Crippen LogP contribution in [0.15, 0.2) is 49.1 Å². The average Bonchev–Trinajstić information content (AvgIpc) is 3.52. The summed E-state index contributed by atoms with van der Waals surface area (Å²) in [6, 6.07) is 8.31. The number of hydrogen-bond donors (Lipinski definition) is 3. The van der Waals surface area contributed by atoms with Crippen LogP contribution in [0.4, 0.5) is 17.3 Å². The number of fused-ring (bicyclic) bond motifs is 2. The van der Waals surface area contributed by atoms with Gasteiger partial charge in [0.25, 0.3) is 5.91 Å². The number of anilines is 3. The zero-order chi connectivity index (χ0) is 25.8. The van der Waals surface area contributed by atoms with E-state index in [0.29, 0.717) is 29.7 Å². The largest absolute Gasteiger partial charge is 0.393 e. The van der Waals surface area contributed by atoms with Crippen LogP contribution in [0.1, 0.15) is 40.2 Å². The van der Waals surface area contributed by atoms with Gasteiger partial charge in [0.05, 0.1) is 47.3 Å². The molecular formula is C28H30N8O2. The van der Waals surface area contributed by atoms with Gasteiger partial charge in [0.15, 0.2) is 0 Å². The molecule has 38 heavy (non-hydrogen) atoms. The zero-order valence-electron chi connectivity index (χ0n) is 21.3. The van der Waals surface area contributed by atoms with Gasteiger partial charge in [-0.2, -0.15) is 0 Å². The predicted molar refractivity (Wildman–Crippen MR) is 145 cm³/mol. The minimum absolute atomic E-state index is 0.113. The lowest BCUT2D eigenvalue weighted by Crippen LogP contribution is -2.41. The second-order valence-corrected chi connectivity index (χ2v) is 10.6. The Kier molecular flexibility index (Phi) is 5.52. The van der Waals surface area contributed by atoms with E-state index < -0.39 is 0 Å². The van der Waals surface area contributed by atoms with E-state index in [1.165, 1.54) is 5.56 Å². The number of likely N-dealkylation sites (tertiary alicyclic amines) is 1. The third kappa shape index (κ3) is 3.97. The van der Waals surface area contributed by atoms with Crippen LogP contribution in [0.3, 0.4) is 0 Å². The van der Waals surface area contributed by atoms with Crippen LogP contribution in [0.2, 0.25) is 0 Å². The van der Waals surface area contributed by atoms with Crippen LogP contribution in [0, 0.1) is 0 Å². The molecule has 0 saturated carbocycles. The standard InChI is InChI=1S/C28H30N8O2/c1-34-15-18(16-34)17-4-9-36-24(14-29-25(36)10-17)21-2-3-23(26-22(21)13-30-27(26)38)33-28-31-11-19(12-32-28)35-7-5-20(37)6-8-35/h2-4,9-12,14,18,20,37H,5-8,13,15-16H2,1H3,(H,30,38)(H,31,32,33). The summed E-state index contributed by atoms with van der Waals surface area (Å²) in [6.07, 6.45) is 8.83. The van der Waals surface area contributed by atoms with Crippen molar-refractivity contribution in [2.24, 2.45) is 0 Å². The average molecular weight is 511 g/mol. The van der Waals surface area contributed by atoms with Crippen LogP contribution in [-0.2, 0) is 6.54 Å². The van der Waals surface area contributed by atoms with Gasteiger partial charge < -0.3 is 25.5 Å². The Hall–Kier alpha value is -4.02. The summed E-state index contributed by atoms with van der Waals surface area (Å²) in [7, 11) is 2.14. The third-order valence-corrected chi connectivity index (χ3v) is 8.03. The number of rotatable bonds is 5. The normalized spacial score (nSPS) is 18.5. The number of piperidine rings is 1. The second kappa shape index (κ2) is 9.07. The fourth-order valence-corrected chi connectivity index (χ4v) is 5.84. The Morgan fingerprint density at radius 2 is 1.84 bits per heavy atom. The number of likely N-dealkylation sites (N-methyl/N-ethyl adjacent to an activating group) is 1. The molecule has 6 heterocycles. The number of imidazole rings is 1. The molecule has 7 rings (SSSR count). The number of aliphatic hydroxyl groups excluding tert-OH is 1. The van der Waals surface area contributed by atoms with Gasteiger partial charge in [-0.1, -0.05) is 6.07 Å². The highest BCUT2D eigenvalue weighted by Crippen LogP contribution is 2.36. The molecule has 3 aromatic heterocycles. The molecule has 2 fully saturated rings. The number of benzene rings is 1. The van der Waals surface area contributed by atoms with Crippen LogP contribution in [-0.4, -0.2) is 74.6 Å². The first-order valence-corrected chi connectivity index (χ1v) is 13.2. The molecule has 3 aliphatic rings. The fraction of sp³-hybridized carbons (Fsp3) is 0.357. The topological polar surface area (TPSA) is 111 Å². The second-order valence-electron chi connectivity index (χ2n) is 10.6. The van der Waals surface area contributed by atoms with Gasteiger partial charge in [-0.15, -0.1) is 0 Å². The quantitative estimate of drug-likeness (QED) is 0.376. The number of nitrogens with one attached hydrogen (secondary N) is 2. The Morgan fingerprint density at radius 1 is 1.05 bits per heavy atom. The number of aliphatic hydroxyl groups is 1. The molecule has 4 aromatic rings. The van der Waals surface area contributed by atoms with Crippen molar-refractivity contribution in [1.82, 2.24) is 29.6 Å². The summed E-state index contributed by atoms with van der Waals surface area (Å²) in [5, 5.41) is 16.0. The van der Waals surface area contributed by atoms with Gasteiger partial charge in [-0.25, -0.2) is 15.0 Å². The van der Waals surface area contributed by atoms with E-state index in [1.807, 2.05) is 18.3 Å². The maximum atomic E-state index is 12.9. The van der Waals surface area contributed by atoms with E-state index in [2.05, 4.69) is 60.2 Å². The number of pyridine rings is 1. The SMILES string of the molecule is CN1CC(c2ccn3c(-c4ccc(Nc5ncc(N6CCC(O)CC6)cn5)c5c4CNC5=O)cnc3c2)C1. The first-order valence-electron chi connectivity index (χ1n) is 13.2. The molecule has 3 N–H and O–H groups in total. The van der Waals surface area contributed by atoms with Crippen LogP contribution in [0.5, 0.6) is 0 Å². The highest BCUT2D eigenvalue weighted by Gasteiger charge is 2.28. The Labute approximate surface area is 220 Å². The summed E-state index contributed by atoms with van der Waals surface area (Å²) < 4.78 is 2.10. The highest BCUT2D eigenvalue weighted by molar-refractivity contribution is 6.06. The number of nitrogens with zero attached hydrogens (tertiary/aromatic N) is 6. The van der Waals surface area contributed by atoms with Crippen molar-refractivity contribution in [3.8, 4) is 11.3 Å². The maximum Gasteiger partial charge on any atom is 0.254 e. The van der Waals surface area contributed by atoms with Gasteiger partial charge in [0, 0.05) is 50.4 Å². The van der Waals surface area contributed by atoms with Gasteiger partial charge >= 0.3 is 0 Å². The summed E-state index contributed by atoms with van der Waals surface area (Å²) in [6.45, 7) is 4.19. The Bertz CT molecular complexity index is 1520. The molecule has 0 unspecified atom stereocenters. The van der Waals surface area contributed by atoms with Crippen molar-refractivity contribution in [3.63, 3.8) is 0 Å². The summed E-state index contributed by atoms with van der Waals surface area (Å²) in [5.74, 6) is 0.882. The number of carbonyl (C=O) groups excluding carboxylic acids is 1. The zero-order valence-corrected chi connectivity index (χ0v) is 21.3. The molecule has 0 atom stereocenters. The van der Waals surface area contributed by atoms with E-state index >= 15 is 0 Å². The Morgan fingerprint density at radius 3 is 2.61 bits per heavy atom. The molecule has 2 saturated heterocycles. The molecule has 3 aliphatic heterocycles. The van der Waals surface area contributed by atoms with Gasteiger partial charge in [0.2, 0.25) is 5.95 Å². The van der Waals surface area contributed by atoms with Crippen molar-refractivity contribution in [2.45, 2.75) is 31.4 Å². The molecule has 0 spiro atoms. The molecule has 1 amide bonds. The summed E-state index contributed by atoms with van der Waals surface area (Å²) in [5.41, 5.74) is 7.34. The highest BCUT2D eigenvalue weighted by atomic mass is 16.3. The Balaban J connectivity index is 1.17. The molecule has 10 nitrogen and oxygen atoms in total. The first-order chi connectivity index (χ1) is 18.5. The van der Waals surface area contributed by atoms with Gasteiger partial charge in [0.1, 0.15) is 5.65 Å². The number of hydrogen-bond acceptors (Lipinski definition) is 8. The van der Waals surface area contributed by atoms with Gasteiger partial charge in [-0.05, 0) is 49.2 Å². The van der Waals surface area contributed by atoms with Crippen molar-refractivity contribution >= 4 is 28.9 Å². The maximum absolute atomic E-state index is 12.9. The van der Waals surface area contributed by atoms with Gasteiger partial charge in [-0.3, -0.25) is 9.20 Å². The third-order valence-electron chi connectivity index (χ3n) is 8.03. The molecule has 0 radical (unpaired) electrons. The lowest BCUT2D eigenvalue weighted by atomic mass is 9.93. The van der Waals surface area contributed by atoms with E-state index in [0.717, 1.165) is 67.2 Å². The van der Waals surface area contributed by atoms with Crippen LogP contribution >= 0.6 is 0 Å². The molecule has 0 bridgehead atoms. The van der Waals surface area contributed by atoms with E-state index in [4.69, 9.17) is 4.98 Å². The van der Waals surface area contributed by atoms with Crippen molar-refractivity contribution < 1.29 is 9.90 Å². The number of carbonyl (C=O) groups is 1. The van der Waals surface area contributed by atoms with Crippen molar-refractivity contribution in [2.75, 3.05) is 43.4 Å². The molecule has 0 aliphatic carbocycles. The summed E-state index contributed by atoms with van der Waals surface area (Å²) in [4.78, 5) is 31.1. The lowest BCUT2D eigenvalue weighted by Gasteiger charge is -2.36. The van der Waals surface area contributed by atoms with E-state index in [-0.39, 0.29) is 12.0 Å². The first kappa shape index (κ1) is 23.1. The van der Waals surface area contributed by atoms with Crippen molar-refractivity contribution in [1.29, 1.82) is 0 Å². The number of amides is 1. The molecule has 1 aromatic carbocycles. The smallest absolute Gasteiger partial charge is 0.254 e. The molecular weight excluding hydrogens is 480 g/mol. The fourth-order valence-electron chi connectivity index (χ4n) is 5.84. The summed E-state index contributed by atoms with van der Waals surface area (Å²) >= 11 is 0.